The van der Waals surface area contributed by atoms with Crippen LogP contribution in [0.2, 0.25) is 0 Å². The summed E-state index contributed by atoms with van der Waals surface area (Å²) < 4.78 is 0. The number of rotatable bonds is 5. The molecule has 20 heavy (non-hydrogen) atoms. The van der Waals surface area contributed by atoms with Gasteiger partial charge in [0.25, 0.3) is 0 Å². The van der Waals surface area contributed by atoms with E-state index in [2.05, 4.69) is 22.4 Å². The average Bonchev–Trinajstić information content (AvgIpc) is 2.82. The number of nitrogens with two attached hydrogens (primary N) is 1. The molecule has 4 N–H and O–H groups in total. The molecule has 5 heteroatoms. The lowest BCUT2D eigenvalue weighted by atomic mass is 9.92. The van der Waals surface area contributed by atoms with E-state index in [1.54, 1.807) is 0 Å². The average molecular weight is 296 g/mol. The van der Waals surface area contributed by atoms with Crippen LogP contribution in [0.5, 0.6) is 0 Å². The van der Waals surface area contributed by atoms with Gasteiger partial charge in [-0.2, -0.15) is 0 Å². The molecule has 2 aromatic rings. The minimum Gasteiger partial charge on any atom is -0.361 e. The van der Waals surface area contributed by atoms with Gasteiger partial charge in [0.15, 0.2) is 0 Å². The lowest BCUT2D eigenvalue weighted by Gasteiger charge is -2.21. The zero-order valence-corrected chi connectivity index (χ0v) is 12.7. The second-order valence-corrected chi connectivity index (χ2v) is 5.45. The van der Waals surface area contributed by atoms with Crippen LogP contribution in [0.25, 0.3) is 10.9 Å². The smallest absolute Gasteiger partial charge is 0.226 e. The third-order valence-corrected chi connectivity index (χ3v) is 3.48. The molecule has 1 aromatic carbocycles. The van der Waals surface area contributed by atoms with Gasteiger partial charge < -0.3 is 16.0 Å². The number of H-pyrrole nitrogens is 1. The summed E-state index contributed by atoms with van der Waals surface area (Å²) in [4.78, 5) is 15.1. The first-order chi connectivity index (χ1) is 9.04. The Morgan fingerprint density at radius 1 is 1.35 bits per heavy atom. The molecule has 1 aromatic heterocycles. The molecular formula is C15H22ClN3O. The van der Waals surface area contributed by atoms with Gasteiger partial charge in [-0.1, -0.05) is 18.2 Å². The van der Waals surface area contributed by atoms with E-state index >= 15 is 0 Å². The van der Waals surface area contributed by atoms with Gasteiger partial charge in [-0.3, -0.25) is 4.79 Å². The monoisotopic (exact) mass is 295 g/mol. The van der Waals surface area contributed by atoms with Crippen molar-refractivity contribution in [1.82, 2.24) is 10.3 Å². The van der Waals surface area contributed by atoms with Gasteiger partial charge in [-0.15, -0.1) is 12.4 Å². The second kappa shape index (κ2) is 6.77. The van der Waals surface area contributed by atoms with Crippen molar-refractivity contribution in [2.75, 3.05) is 13.1 Å². The van der Waals surface area contributed by atoms with Crippen molar-refractivity contribution in [1.29, 1.82) is 0 Å². The Morgan fingerprint density at radius 3 is 2.75 bits per heavy atom. The third kappa shape index (κ3) is 3.52. The number of carbonyl (C=O) groups is 1. The summed E-state index contributed by atoms with van der Waals surface area (Å²) in [7, 11) is 0. The fourth-order valence-corrected chi connectivity index (χ4v) is 1.98. The van der Waals surface area contributed by atoms with Crippen LogP contribution in [0.15, 0.2) is 30.5 Å². The number of fused-ring (bicyclic) bond motifs is 1. The van der Waals surface area contributed by atoms with E-state index < -0.39 is 5.41 Å². The Bertz CT molecular complexity index is 577. The molecule has 0 aliphatic carbocycles. The van der Waals surface area contributed by atoms with E-state index in [9.17, 15) is 4.79 Å². The quantitative estimate of drug-likeness (QED) is 0.791. The zero-order valence-electron chi connectivity index (χ0n) is 11.9. The van der Waals surface area contributed by atoms with Crippen LogP contribution in [-0.2, 0) is 11.2 Å². The van der Waals surface area contributed by atoms with E-state index in [0.29, 0.717) is 13.1 Å². The van der Waals surface area contributed by atoms with E-state index in [4.69, 9.17) is 5.73 Å². The van der Waals surface area contributed by atoms with Crippen molar-refractivity contribution >= 4 is 29.2 Å². The lowest BCUT2D eigenvalue weighted by molar-refractivity contribution is -0.128. The second-order valence-electron chi connectivity index (χ2n) is 5.45. The van der Waals surface area contributed by atoms with Crippen molar-refractivity contribution in [3.63, 3.8) is 0 Å². The first-order valence-electron chi connectivity index (χ1n) is 6.58. The number of hydrogen-bond acceptors (Lipinski definition) is 2. The number of aromatic amines is 1. The number of para-hydroxylation sites is 1. The maximum Gasteiger partial charge on any atom is 0.226 e. The van der Waals surface area contributed by atoms with Crippen molar-refractivity contribution in [3.8, 4) is 0 Å². The van der Waals surface area contributed by atoms with Crippen molar-refractivity contribution in [2.45, 2.75) is 20.3 Å². The molecule has 0 radical (unpaired) electrons. The molecular weight excluding hydrogens is 274 g/mol. The summed E-state index contributed by atoms with van der Waals surface area (Å²) in [6.45, 7) is 4.69. The Balaban J connectivity index is 0.00000200. The predicted molar refractivity (Wildman–Crippen MR) is 85.1 cm³/mol. The van der Waals surface area contributed by atoms with Gasteiger partial charge in [-0.25, -0.2) is 0 Å². The number of benzene rings is 1. The molecule has 0 saturated carbocycles. The van der Waals surface area contributed by atoms with E-state index in [1.165, 1.54) is 10.9 Å². The summed E-state index contributed by atoms with van der Waals surface area (Å²) in [5.41, 5.74) is 7.44. The number of amides is 1. The van der Waals surface area contributed by atoms with Crippen LogP contribution < -0.4 is 11.1 Å². The molecule has 0 spiro atoms. The Morgan fingerprint density at radius 2 is 2.05 bits per heavy atom. The van der Waals surface area contributed by atoms with Crippen LogP contribution in [0, 0.1) is 5.41 Å². The fourth-order valence-electron chi connectivity index (χ4n) is 1.98. The van der Waals surface area contributed by atoms with Crippen molar-refractivity contribution in [3.05, 3.63) is 36.0 Å². The molecule has 110 valence electrons. The number of hydrogen-bond donors (Lipinski definition) is 3. The predicted octanol–water partition coefficient (Wildman–Crippen LogP) is 2.23. The highest BCUT2D eigenvalue weighted by Gasteiger charge is 2.25. The molecule has 2 rings (SSSR count). The van der Waals surface area contributed by atoms with Crippen molar-refractivity contribution in [2.24, 2.45) is 11.1 Å². The van der Waals surface area contributed by atoms with Gasteiger partial charge in [0.2, 0.25) is 5.91 Å². The number of nitrogens with one attached hydrogen (secondary N) is 2. The summed E-state index contributed by atoms with van der Waals surface area (Å²) in [6, 6.07) is 8.17. The summed E-state index contributed by atoms with van der Waals surface area (Å²) >= 11 is 0. The molecule has 4 nitrogen and oxygen atoms in total. The van der Waals surface area contributed by atoms with E-state index in [-0.39, 0.29) is 18.3 Å². The van der Waals surface area contributed by atoms with Crippen LogP contribution in [0.1, 0.15) is 19.4 Å². The zero-order chi connectivity index (χ0) is 13.9. The standard InChI is InChI=1S/C15H21N3O.ClH/c1-15(2,10-16)14(19)17-8-7-11-9-18-13-6-4-3-5-12(11)13;/h3-6,9,18H,7-8,10,16H2,1-2H3,(H,17,19);1H. The fraction of sp³-hybridized carbons (Fsp3) is 0.400. The molecule has 1 heterocycles. The van der Waals surface area contributed by atoms with Crippen molar-refractivity contribution < 1.29 is 4.79 Å². The summed E-state index contributed by atoms with van der Waals surface area (Å²) in [5, 5.41) is 4.16. The Kier molecular flexibility index (Phi) is 5.60. The topological polar surface area (TPSA) is 70.9 Å². The minimum absolute atomic E-state index is 0. The summed E-state index contributed by atoms with van der Waals surface area (Å²) in [6.07, 6.45) is 2.82. The first-order valence-corrected chi connectivity index (χ1v) is 6.58. The molecule has 0 atom stereocenters. The van der Waals surface area contributed by atoms with Gasteiger partial charge in [0, 0.05) is 30.2 Å². The maximum atomic E-state index is 11.9. The minimum atomic E-state index is -0.500. The number of halogens is 1. The molecule has 0 aliphatic heterocycles. The molecule has 0 unspecified atom stereocenters. The summed E-state index contributed by atoms with van der Waals surface area (Å²) in [5.74, 6) is 0.00911. The Labute approximate surface area is 125 Å². The molecule has 0 bridgehead atoms. The van der Waals surface area contributed by atoms with Crippen LogP contribution in [0.4, 0.5) is 0 Å². The largest absolute Gasteiger partial charge is 0.361 e. The number of carbonyl (C=O) groups excluding carboxylic acids is 1. The maximum absolute atomic E-state index is 11.9. The van der Waals surface area contributed by atoms with Gasteiger partial charge in [0.1, 0.15) is 0 Å². The third-order valence-electron chi connectivity index (χ3n) is 3.48. The molecule has 1 amide bonds. The number of aromatic nitrogens is 1. The molecule has 0 saturated heterocycles. The molecule has 0 aliphatic rings. The van der Waals surface area contributed by atoms with E-state index in [1.807, 2.05) is 32.2 Å². The SMILES string of the molecule is CC(C)(CN)C(=O)NCCc1c[nH]c2ccccc12.Cl. The highest BCUT2D eigenvalue weighted by Crippen LogP contribution is 2.18. The van der Waals surface area contributed by atoms with Crippen LogP contribution >= 0.6 is 12.4 Å². The highest BCUT2D eigenvalue weighted by atomic mass is 35.5. The van der Waals surface area contributed by atoms with E-state index in [0.717, 1.165) is 11.9 Å². The lowest BCUT2D eigenvalue weighted by Crippen LogP contribution is -2.42. The highest BCUT2D eigenvalue weighted by molar-refractivity contribution is 5.85. The normalized spacial score (nSPS) is 11.2. The van der Waals surface area contributed by atoms with Crippen LogP contribution in [-0.4, -0.2) is 24.0 Å². The van der Waals surface area contributed by atoms with Gasteiger partial charge in [0.05, 0.1) is 5.41 Å². The van der Waals surface area contributed by atoms with Crippen LogP contribution in [0.3, 0.4) is 0 Å². The van der Waals surface area contributed by atoms with Gasteiger partial charge >= 0.3 is 0 Å². The molecule has 0 fully saturated rings. The Hall–Kier alpha value is -1.52. The van der Waals surface area contributed by atoms with Gasteiger partial charge in [-0.05, 0) is 31.9 Å². The first kappa shape index (κ1) is 16.5.